The fourth-order valence-electron chi connectivity index (χ4n) is 1.11. The summed E-state index contributed by atoms with van der Waals surface area (Å²) < 4.78 is 37.1. The van der Waals surface area contributed by atoms with Crippen LogP contribution in [0.3, 0.4) is 0 Å². The Morgan fingerprint density at radius 2 is 2.00 bits per heavy atom. The average Bonchev–Trinajstić information content (AvgIpc) is 2.33. The second-order valence-electron chi connectivity index (χ2n) is 3.45. The molecule has 3 N–H and O–H groups in total. The van der Waals surface area contributed by atoms with E-state index in [-0.39, 0.29) is 12.4 Å². The zero-order chi connectivity index (χ0) is 14.5. The van der Waals surface area contributed by atoms with Crippen LogP contribution in [0, 0.1) is 0 Å². The largest absolute Gasteiger partial charge is 0.480 e. The van der Waals surface area contributed by atoms with Gasteiger partial charge < -0.3 is 15.7 Å². The number of nitrogens with zero attached hydrogens (tertiary/aromatic N) is 1. The highest BCUT2D eigenvalue weighted by Crippen LogP contribution is 2.29. The third kappa shape index (κ3) is 5.23. The van der Waals surface area contributed by atoms with E-state index in [0.29, 0.717) is 0 Å². The van der Waals surface area contributed by atoms with Crippen LogP contribution in [0.15, 0.2) is 18.3 Å². The van der Waals surface area contributed by atoms with Gasteiger partial charge >= 0.3 is 12.1 Å². The van der Waals surface area contributed by atoms with Crippen molar-refractivity contribution < 1.29 is 27.9 Å². The topological polar surface area (TPSA) is 91.3 Å². The molecule has 0 aliphatic heterocycles. The molecule has 0 saturated heterocycles. The van der Waals surface area contributed by atoms with Crippen LogP contribution in [0.1, 0.15) is 5.56 Å². The van der Waals surface area contributed by atoms with Crippen molar-refractivity contribution in [3.8, 4) is 0 Å². The lowest BCUT2D eigenvalue weighted by Crippen LogP contribution is -2.34. The van der Waals surface area contributed by atoms with E-state index in [2.05, 4.69) is 10.3 Å². The number of aromatic nitrogens is 1. The van der Waals surface area contributed by atoms with E-state index in [0.717, 1.165) is 18.3 Å². The lowest BCUT2D eigenvalue weighted by Gasteiger charge is -2.09. The van der Waals surface area contributed by atoms with Crippen molar-refractivity contribution >= 4 is 17.7 Å². The van der Waals surface area contributed by atoms with Crippen molar-refractivity contribution in [1.29, 1.82) is 0 Å². The molecular formula is C10H10F3N3O3. The number of carbonyl (C=O) groups excluding carboxylic acids is 1. The third-order valence-corrected chi connectivity index (χ3v) is 1.95. The molecule has 0 atom stereocenters. The van der Waals surface area contributed by atoms with E-state index >= 15 is 0 Å². The Morgan fingerprint density at radius 3 is 2.58 bits per heavy atom. The van der Waals surface area contributed by atoms with Crippen molar-refractivity contribution in [2.75, 3.05) is 18.4 Å². The van der Waals surface area contributed by atoms with Gasteiger partial charge in [0.2, 0.25) is 5.91 Å². The molecule has 1 amide bonds. The number of aliphatic carboxylic acids is 1. The Kier molecular flexibility index (Phi) is 4.67. The van der Waals surface area contributed by atoms with E-state index in [9.17, 15) is 22.8 Å². The number of hydrogen-bond acceptors (Lipinski definition) is 4. The lowest BCUT2D eigenvalue weighted by atomic mass is 10.2. The highest BCUT2D eigenvalue weighted by Gasteiger charge is 2.30. The number of amides is 1. The van der Waals surface area contributed by atoms with Crippen LogP contribution in [-0.2, 0) is 15.8 Å². The summed E-state index contributed by atoms with van der Waals surface area (Å²) in [5.41, 5.74) is -0.893. The van der Waals surface area contributed by atoms with Crippen LogP contribution in [0.4, 0.5) is 19.0 Å². The maximum Gasteiger partial charge on any atom is 0.416 e. The highest BCUT2D eigenvalue weighted by atomic mass is 19.4. The van der Waals surface area contributed by atoms with Crippen molar-refractivity contribution in [2.24, 2.45) is 0 Å². The molecule has 0 aromatic carbocycles. The molecule has 1 aromatic rings. The molecule has 0 saturated carbocycles. The second-order valence-corrected chi connectivity index (χ2v) is 3.45. The molecule has 0 spiro atoms. The van der Waals surface area contributed by atoms with Gasteiger partial charge in [0.1, 0.15) is 12.4 Å². The molecule has 0 unspecified atom stereocenters. The molecule has 0 bridgehead atoms. The summed E-state index contributed by atoms with van der Waals surface area (Å²) in [5, 5.41) is 12.7. The fraction of sp³-hybridized carbons (Fsp3) is 0.300. The maximum atomic E-state index is 12.4. The molecular weight excluding hydrogens is 267 g/mol. The standard InChI is InChI=1S/C10H10F3N3O3/c11-10(12,13)6-1-2-14-7(3-6)15-4-8(17)16-5-9(18)19/h1-3H,4-5H2,(H,14,15)(H,16,17)(H,18,19). The van der Waals surface area contributed by atoms with Crippen LogP contribution in [0.25, 0.3) is 0 Å². The Morgan fingerprint density at radius 1 is 1.32 bits per heavy atom. The number of carboxylic acid groups (broad SMARTS) is 1. The Bertz CT molecular complexity index is 477. The molecule has 1 rings (SSSR count). The quantitative estimate of drug-likeness (QED) is 0.737. The zero-order valence-electron chi connectivity index (χ0n) is 9.49. The molecule has 1 aromatic heterocycles. The molecule has 19 heavy (non-hydrogen) atoms. The van der Waals surface area contributed by atoms with E-state index in [1.165, 1.54) is 0 Å². The number of rotatable bonds is 5. The van der Waals surface area contributed by atoms with Gasteiger partial charge in [0, 0.05) is 6.20 Å². The van der Waals surface area contributed by atoms with Gasteiger partial charge in [-0.05, 0) is 12.1 Å². The number of hydrogen-bond donors (Lipinski definition) is 3. The molecule has 1 heterocycles. The first kappa shape index (κ1) is 14.7. The number of halogens is 3. The average molecular weight is 277 g/mol. The number of pyridine rings is 1. The number of anilines is 1. The number of alkyl halides is 3. The molecule has 9 heteroatoms. The van der Waals surface area contributed by atoms with Gasteiger partial charge in [-0.3, -0.25) is 9.59 Å². The number of carboxylic acids is 1. The van der Waals surface area contributed by atoms with Gasteiger partial charge in [-0.1, -0.05) is 0 Å². The summed E-state index contributed by atoms with van der Waals surface area (Å²) in [6, 6.07) is 1.56. The monoisotopic (exact) mass is 277 g/mol. The molecule has 0 fully saturated rings. The molecule has 0 radical (unpaired) electrons. The van der Waals surface area contributed by atoms with Crippen LogP contribution in [0.2, 0.25) is 0 Å². The van der Waals surface area contributed by atoms with Gasteiger partial charge in [0.05, 0.1) is 12.1 Å². The predicted molar refractivity (Wildman–Crippen MR) is 58.4 cm³/mol. The minimum absolute atomic E-state index is 0.125. The first-order chi connectivity index (χ1) is 8.79. The van der Waals surface area contributed by atoms with E-state index in [4.69, 9.17) is 5.11 Å². The van der Waals surface area contributed by atoms with Crippen molar-refractivity contribution in [3.05, 3.63) is 23.9 Å². The van der Waals surface area contributed by atoms with Crippen LogP contribution >= 0.6 is 0 Å². The summed E-state index contributed by atoms with van der Waals surface area (Å²) in [4.78, 5) is 24.9. The minimum Gasteiger partial charge on any atom is -0.480 e. The Labute approximate surface area is 105 Å². The van der Waals surface area contributed by atoms with Gasteiger partial charge in [0.15, 0.2) is 0 Å². The summed E-state index contributed by atoms with van der Waals surface area (Å²) in [7, 11) is 0. The van der Waals surface area contributed by atoms with E-state index < -0.39 is 30.2 Å². The molecule has 6 nitrogen and oxygen atoms in total. The van der Waals surface area contributed by atoms with Crippen molar-refractivity contribution in [3.63, 3.8) is 0 Å². The van der Waals surface area contributed by atoms with Crippen molar-refractivity contribution in [1.82, 2.24) is 10.3 Å². The van der Waals surface area contributed by atoms with Gasteiger partial charge in [-0.15, -0.1) is 0 Å². The summed E-state index contributed by atoms with van der Waals surface area (Å²) in [5.74, 6) is -2.01. The minimum atomic E-state index is -4.50. The first-order valence-electron chi connectivity index (χ1n) is 5.04. The highest BCUT2D eigenvalue weighted by molar-refractivity contribution is 5.84. The molecule has 0 aliphatic rings. The lowest BCUT2D eigenvalue weighted by molar-refractivity contribution is -0.138. The number of carbonyl (C=O) groups is 2. The van der Waals surface area contributed by atoms with E-state index in [1.54, 1.807) is 0 Å². The number of nitrogens with one attached hydrogen (secondary N) is 2. The Balaban J connectivity index is 2.54. The predicted octanol–water partition coefficient (Wildman–Crippen LogP) is 0.713. The Hall–Kier alpha value is -2.32. The second kappa shape index (κ2) is 6.03. The summed E-state index contributed by atoms with van der Waals surface area (Å²) in [6.45, 7) is -0.932. The normalized spacial score (nSPS) is 10.9. The molecule has 0 aliphatic carbocycles. The van der Waals surface area contributed by atoms with Gasteiger partial charge in [-0.25, -0.2) is 4.98 Å². The smallest absolute Gasteiger partial charge is 0.416 e. The zero-order valence-corrected chi connectivity index (χ0v) is 9.49. The third-order valence-electron chi connectivity index (χ3n) is 1.95. The van der Waals surface area contributed by atoms with Gasteiger partial charge in [-0.2, -0.15) is 13.2 Å². The van der Waals surface area contributed by atoms with Gasteiger partial charge in [0.25, 0.3) is 0 Å². The van der Waals surface area contributed by atoms with Crippen molar-refractivity contribution in [2.45, 2.75) is 6.18 Å². The fourth-order valence-corrected chi connectivity index (χ4v) is 1.11. The van der Waals surface area contributed by atoms with Crippen LogP contribution in [-0.4, -0.2) is 35.1 Å². The van der Waals surface area contributed by atoms with Crippen LogP contribution in [0.5, 0.6) is 0 Å². The van der Waals surface area contributed by atoms with Crippen LogP contribution < -0.4 is 10.6 Å². The summed E-state index contributed by atoms with van der Waals surface area (Å²) >= 11 is 0. The first-order valence-corrected chi connectivity index (χ1v) is 5.04. The molecule has 104 valence electrons. The van der Waals surface area contributed by atoms with E-state index in [1.807, 2.05) is 5.32 Å². The SMILES string of the molecule is O=C(O)CNC(=O)CNc1cc(C(F)(F)F)ccn1. The summed E-state index contributed by atoms with van der Waals surface area (Å²) in [6.07, 6.45) is -3.54. The maximum absolute atomic E-state index is 12.4.